The fourth-order valence-corrected chi connectivity index (χ4v) is 1.61. The summed E-state index contributed by atoms with van der Waals surface area (Å²) in [4.78, 5) is 24.3. The summed E-state index contributed by atoms with van der Waals surface area (Å²) in [6.45, 7) is 4.06. The Morgan fingerprint density at radius 1 is 1.25 bits per heavy atom. The third kappa shape index (κ3) is 1.65. The minimum atomic E-state index is -0.00329. The summed E-state index contributed by atoms with van der Waals surface area (Å²) < 4.78 is 0. The van der Waals surface area contributed by atoms with E-state index in [0.717, 1.165) is 0 Å². The predicted octanol–water partition coefficient (Wildman–Crippen LogP) is 0.690. The Kier molecular flexibility index (Phi) is 2.50. The van der Waals surface area contributed by atoms with Gasteiger partial charge in [-0.2, -0.15) is 0 Å². The van der Waals surface area contributed by atoms with Crippen molar-refractivity contribution in [3.05, 3.63) is 0 Å². The number of carbonyl (C=O) groups is 2. The van der Waals surface area contributed by atoms with E-state index in [1.54, 1.807) is 7.05 Å². The SMILES string of the molecule is CC1CC(C)C(=O)N(C)CC1=O. The highest BCUT2D eigenvalue weighted by atomic mass is 16.2. The fourth-order valence-electron chi connectivity index (χ4n) is 1.61. The van der Waals surface area contributed by atoms with Crippen LogP contribution >= 0.6 is 0 Å². The molecular formula is C9H15NO2. The Morgan fingerprint density at radius 3 is 2.42 bits per heavy atom. The predicted molar refractivity (Wildman–Crippen MR) is 45.6 cm³/mol. The first-order valence-corrected chi connectivity index (χ1v) is 4.30. The van der Waals surface area contributed by atoms with Crippen LogP contribution in [0.25, 0.3) is 0 Å². The number of hydrogen-bond donors (Lipinski definition) is 0. The third-order valence-corrected chi connectivity index (χ3v) is 2.45. The molecule has 3 heteroatoms. The molecule has 1 fully saturated rings. The van der Waals surface area contributed by atoms with Gasteiger partial charge >= 0.3 is 0 Å². The molecule has 2 atom stereocenters. The van der Waals surface area contributed by atoms with Crippen molar-refractivity contribution < 1.29 is 9.59 Å². The molecule has 0 aromatic rings. The molecule has 0 radical (unpaired) electrons. The van der Waals surface area contributed by atoms with Gasteiger partial charge in [0.2, 0.25) is 5.91 Å². The lowest BCUT2D eigenvalue weighted by Gasteiger charge is -2.15. The second kappa shape index (κ2) is 3.25. The zero-order valence-electron chi connectivity index (χ0n) is 7.83. The van der Waals surface area contributed by atoms with Crippen molar-refractivity contribution in [2.75, 3.05) is 13.6 Å². The Morgan fingerprint density at radius 2 is 1.83 bits per heavy atom. The average molecular weight is 169 g/mol. The average Bonchev–Trinajstić information content (AvgIpc) is 2.07. The number of likely N-dealkylation sites (tertiary alicyclic amines) is 1. The van der Waals surface area contributed by atoms with Crippen molar-refractivity contribution in [3.63, 3.8) is 0 Å². The maximum absolute atomic E-state index is 11.4. The van der Waals surface area contributed by atoms with E-state index in [9.17, 15) is 9.59 Å². The van der Waals surface area contributed by atoms with Crippen molar-refractivity contribution in [1.29, 1.82) is 0 Å². The van der Waals surface area contributed by atoms with Crippen LogP contribution in [0.4, 0.5) is 0 Å². The van der Waals surface area contributed by atoms with Crippen molar-refractivity contribution in [3.8, 4) is 0 Å². The van der Waals surface area contributed by atoms with E-state index < -0.39 is 0 Å². The van der Waals surface area contributed by atoms with Crippen LogP contribution in [-0.4, -0.2) is 30.2 Å². The van der Waals surface area contributed by atoms with Gasteiger partial charge in [0.15, 0.2) is 5.78 Å². The number of nitrogens with zero attached hydrogens (tertiary/aromatic N) is 1. The second-order valence-corrected chi connectivity index (χ2v) is 3.70. The monoisotopic (exact) mass is 169 g/mol. The Hall–Kier alpha value is -0.860. The van der Waals surface area contributed by atoms with Gasteiger partial charge in [-0.1, -0.05) is 13.8 Å². The lowest BCUT2D eigenvalue weighted by Crippen LogP contribution is -2.32. The Bertz CT molecular complexity index is 213. The Balaban J connectivity index is 2.78. The van der Waals surface area contributed by atoms with E-state index in [2.05, 4.69) is 0 Å². The number of Topliss-reactive ketones (excluding diaryl/α,β-unsaturated/α-hetero) is 1. The van der Waals surface area contributed by atoms with Gasteiger partial charge in [-0.05, 0) is 6.42 Å². The van der Waals surface area contributed by atoms with E-state index in [1.165, 1.54) is 4.90 Å². The van der Waals surface area contributed by atoms with Gasteiger partial charge in [-0.3, -0.25) is 9.59 Å². The van der Waals surface area contributed by atoms with Crippen LogP contribution in [0.3, 0.4) is 0 Å². The van der Waals surface area contributed by atoms with Gasteiger partial charge in [0.1, 0.15) is 0 Å². The van der Waals surface area contributed by atoms with Crippen LogP contribution in [0.2, 0.25) is 0 Å². The van der Waals surface area contributed by atoms with Gasteiger partial charge in [0.05, 0.1) is 6.54 Å². The fraction of sp³-hybridized carbons (Fsp3) is 0.778. The molecule has 0 bridgehead atoms. The minimum Gasteiger partial charge on any atom is -0.338 e. The van der Waals surface area contributed by atoms with Crippen LogP contribution in [0, 0.1) is 11.8 Å². The Labute approximate surface area is 72.7 Å². The van der Waals surface area contributed by atoms with Crippen LogP contribution in [0.15, 0.2) is 0 Å². The maximum Gasteiger partial charge on any atom is 0.225 e. The number of rotatable bonds is 0. The van der Waals surface area contributed by atoms with Crippen molar-refractivity contribution in [2.24, 2.45) is 11.8 Å². The first-order chi connectivity index (χ1) is 5.52. The summed E-state index contributed by atoms with van der Waals surface area (Å²) in [6, 6.07) is 0. The first-order valence-electron chi connectivity index (χ1n) is 4.30. The highest BCUT2D eigenvalue weighted by Crippen LogP contribution is 2.18. The minimum absolute atomic E-state index is 0.00329. The maximum atomic E-state index is 11.4. The molecule has 12 heavy (non-hydrogen) atoms. The van der Waals surface area contributed by atoms with Crippen molar-refractivity contribution in [1.82, 2.24) is 4.90 Å². The molecular weight excluding hydrogens is 154 g/mol. The molecule has 68 valence electrons. The highest BCUT2D eigenvalue weighted by molar-refractivity contribution is 5.90. The van der Waals surface area contributed by atoms with Crippen LogP contribution in [0.1, 0.15) is 20.3 Å². The number of carbonyl (C=O) groups excluding carboxylic acids is 2. The van der Waals surface area contributed by atoms with Crippen LogP contribution < -0.4 is 0 Å². The smallest absolute Gasteiger partial charge is 0.225 e. The molecule has 1 aliphatic heterocycles. The molecule has 1 saturated heterocycles. The largest absolute Gasteiger partial charge is 0.338 e. The highest BCUT2D eigenvalue weighted by Gasteiger charge is 2.28. The molecule has 2 unspecified atom stereocenters. The van der Waals surface area contributed by atoms with Crippen molar-refractivity contribution >= 4 is 11.7 Å². The van der Waals surface area contributed by atoms with E-state index >= 15 is 0 Å². The van der Waals surface area contributed by atoms with Gasteiger partial charge in [0.25, 0.3) is 0 Å². The van der Waals surface area contributed by atoms with E-state index in [1.807, 2.05) is 13.8 Å². The molecule has 0 aromatic heterocycles. The summed E-state index contributed by atoms with van der Waals surface area (Å²) in [5.41, 5.74) is 0. The molecule has 3 nitrogen and oxygen atoms in total. The third-order valence-electron chi connectivity index (χ3n) is 2.45. The summed E-state index contributed by atoms with van der Waals surface area (Å²) in [5.74, 6) is 0.299. The zero-order valence-corrected chi connectivity index (χ0v) is 7.83. The lowest BCUT2D eigenvalue weighted by atomic mass is 9.95. The zero-order chi connectivity index (χ0) is 9.30. The van der Waals surface area contributed by atoms with Gasteiger partial charge in [-0.25, -0.2) is 0 Å². The topological polar surface area (TPSA) is 37.4 Å². The molecule has 0 aliphatic carbocycles. The molecule has 1 heterocycles. The number of amides is 1. The molecule has 1 rings (SSSR count). The lowest BCUT2D eigenvalue weighted by molar-refractivity contribution is -0.134. The molecule has 1 aliphatic rings. The molecule has 0 N–H and O–H groups in total. The second-order valence-electron chi connectivity index (χ2n) is 3.70. The number of hydrogen-bond acceptors (Lipinski definition) is 2. The standard InChI is InChI=1S/C9H15NO2/c1-6-4-7(2)9(12)10(3)5-8(6)11/h6-7H,4-5H2,1-3H3. The van der Waals surface area contributed by atoms with Gasteiger partial charge in [0, 0.05) is 18.9 Å². The van der Waals surface area contributed by atoms with Crippen molar-refractivity contribution in [2.45, 2.75) is 20.3 Å². The molecule has 0 aromatic carbocycles. The quantitative estimate of drug-likeness (QED) is 0.535. The number of likely N-dealkylation sites (N-methyl/N-ethyl adjacent to an activating group) is 1. The number of ketones is 1. The van der Waals surface area contributed by atoms with E-state index in [0.29, 0.717) is 6.42 Å². The van der Waals surface area contributed by atoms with Gasteiger partial charge < -0.3 is 4.90 Å². The summed E-state index contributed by atoms with van der Waals surface area (Å²) in [5, 5.41) is 0. The normalized spacial score (nSPS) is 32.1. The van der Waals surface area contributed by atoms with E-state index in [-0.39, 0.29) is 30.1 Å². The summed E-state index contributed by atoms with van der Waals surface area (Å²) in [7, 11) is 1.69. The van der Waals surface area contributed by atoms with Gasteiger partial charge in [-0.15, -0.1) is 0 Å². The molecule has 0 spiro atoms. The van der Waals surface area contributed by atoms with Crippen LogP contribution in [0.5, 0.6) is 0 Å². The first kappa shape index (κ1) is 9.23. The summed E-state index contributed by atoms with van der Waals surface area (Å²) in [6.07, 6.45) is 0.696. The molecule has 0 saturated carbocycles. The summed E-state index contributed by atoms with van der Waals surface area (Å²) >= 11 is 0. The molecule has 1 amide bonds. The van der Waals surface area contributed by atoms with E-state index in [4.69, 9.17) is 0 Å². The van der Waals surface area contributed by atoms with Crippen LogP contribution in [-0.2, 0) is 9.59 Å².